The second kappa shape index (κ2) is 8.84. The maximum atomic E-state index is 13.5. The van der Waals surface area contributed by atoms with Crippen LogP contribution in [0.5, 0.6) is 5.75 Å². The molecule has 26 heavy (non-hydrogen) atoms. The minimum atomic E-state index is -1.05. The van der Waals surface area contributed by atoms with Crippen LogP contribution in [0.2, 0.25) is 0 Å². The Labute approximate surface area is 148 Å². The van der Waals surface area contributed by atoms with E-state index in [1.165, 1.54) is 30.3 Å². The Morgan fingerprint density at radius 3 is 2.15 bits per heavy atom. The first kappa shape index (κ1) is 19.2. The Morgan fingerprint density at radius 1 is 0.962 bits per heavy atom. The second-order valence-corrected chi connectivity index (χ2v) is 5.26. The van der Waals surface area contributed by atoms with E-state index in [0.29, 0.717) is 5.75 Å². The van der Waals surface area contributed by atoms with Crippen molar-refractivity contribution < 1.29 is 32.6 Å². The summed E-state index contributed by atoms with van der Waals surface area (Å²) in [5.74, 6) is -3.65. The van der Waals surface area contributed by atoms with Crippen LogP contribution in [0, 0.1) is 11.6 Å². The van der Waals surface area contributed by atoms with Gasteiger partial charge in [-0.05, 0) is 43.3 Å². The number of esters is 1. The summed E-state index contributed by atoms with van der Waals surface area (Å²) in [5, 5.41) is 0. The van der Waals surface area contributed by atoms with Crippen LogP contribution >= 0.6 is 0 Å². The van der Waals surface area contributed by atoms with Gasteiger partial charge in [-0.1, -0.05) is 6.07 Å². The first-order chi connectivity index (χ1) is 12.4. The van der Waals surface area contributed by atoms with E-state index in [0.717, 1.165) is 12.1 Å². The molecule has 0 unspecified atom stereocenters. The number of rotatable bonds is 8. The number of carbonyl (C=O) groups excluding carboxylic acids is 3. The summed E-state index contributed by atoms with van der Waals surface area (Å²) >= 11 is 0. The highest BCUT2D eigenvalue weighted by molar-refractivity contribution is 6.38. The van der Waals surface area contributed by atoms with E-state index in [4.69, 9.17) is 4.74 Å². The largest absolute Gasteiger partial charge is 0.489 e. The number of benzene rings is 2. The molecule has 0 bridgehead atoms. The van der Waals surface area contributed by atoms with Crippen LogP contribution in [0.3, 0.4) is 0 Å². The highest BCUT2D eigenvalue weighted by Crippen LogP contribution is 2.18. The summed E-state index contributed by atoms with van der Waals surface area (Å²) in [5.41, 5.74) is -0.000225. The van der Waals surface area contributed by atoms with Gasteiger partial charge >= 0.3 is 5.97 Å². The maximum absolute atomic E-state index is 13.5. The number of carbonyl (C=O) groups is 3. The summed E-state index contributed by atoms with van der Waals surface area (Å²) in [7, 11) is 0. The summed E-state index contributed by atoms with van der Waals surface area (Å²) < 4.78 is 36.9. The molecule has 2 rings (SSSR count). The third-order valence-corrected chi connectivity index (χ3v) is 3.45. The van der Waals surface area contributed by atoms with E-state index in [1.807, 2.05) is 0 Å². The van der Waals surface area contributed by atoms with Crippen molar-refractivity contribution in [1.82, 2.24) is 0 Å². The molecule has 2 aromatic carbocycles. The summed E-state index contributed by atoms with van der Waals surface area (Å²) in [4.78, 5) is 34.7. The van der Waals surface area contributed by atoms with Crippen molar-refractivity contribution in [2.45, 2.75) is 20.0 Å². The lowest BCUT2D eigenvalue weighted by molar-refractivity contribution is -0.153. The van der Waals surface area contributed by atoms with Gasteiger partial charge in [-0.25, -0.2) is 13.6 Å². The molecule has 0 spiro atoms. The molecule has 7 heteroatoms. The standard InChI is InChI=1S/C19H16F2O5/c1-2-25-19(24)18(23)10-17(22)12-6-8-13(9-7-12)26-11-14-15(20)4-3-5-16(14)21/h3-9H,2,10-11H2,1H3. The average molecular weight is 362 g/mol. The zero-order chi connectivity index (χ0) is 19.1. The molecule has 0 saturated heterocycles. The van der Waals surface area contributed by atoms with Gasteiger partial charge in [0.25, 0.3) is 0 Å². The summed E-state index contributed by atoms with van der Waals surface area (Å²) in [6, 6.07) is 9.17. The molecule has 2 aromatic rings. The van der Waals surface area contributed by atoms with E-state index >= 15 is 0 Å². The summed E-state index contributed by atoms with van der Waals surface area (Å²) in [6.45, 7) is 1.29. The van der Waals surface area contributed by atoms with E-state index in [2.05, 4.69) is 4.74 Å². The van der Waals surface area contributed by atoms with Crippen LogP contribution in [0.1, 0.15) is 29.3 Å². The molecular formula is C19H16F2O5. The topological polar surface area (TPSA) is 69.7 Å². The third kappa shape index (κ3) is 4.95. The predicted octanol–water partition coefficient (Wildman–Crippen LogP) is 3.25. The van der Waals surface area contributed by atoms with Crippen LogP contribution < -0.4 is 4.74 Å². The van der Waals surface area contributed by atoms with Gasteiger partial charge in [0.2, 0.25) is 5.78 Å². The molecule has 0 heterocycles. The highest BCUT2D eigenvalue weighted by atomic mass is 19.1. The number of hydrogen-bond donors (Lipinski definition) is 0. The molecule has 0 atom stereocenters. The molecular weight excluding hydrogens is 346 g/mol. The molecule has 0 aromatic heterocycles. The van der Waals surface area contributed by atoms with E-state index < -0.39 is 35.6 Å². The van der Waals surface area contributed by atoms with Gasteiger partial charge in [-0.15, -0.1) is 0 Å². The van der Waals surface area contributed by atoms with Gasteiger partial charge in [0.05, 0.1) is 18.6 Å². The Balaban J connectivity index is 1.96. The second-order valence-electron chi connectivity index (χ2n) is 5.26. The molecule has 0 amide bonds. The zero-order valence-corrected chi connectivity index (χ0v) is 14.0. The fraction of sp³-hybridized carbons (Fsp3) is 0.211. The minimum absolute atomic E-state index is 0.0490. The minimum Gasteiger partial charge on any atom is -0.489 e. The molecule has 0 fully saturated rings. The lowest BCUT2D eigenvalue weighted by Crippen LogP contribution is -2.20. The average Bonchev–Trinajstić information content (AvgIpc) is 2.62. The molecule has 0 aliphatic carbocycles. The van der Waals surface area contributed by atoms with Crippen molar-refractivity contribution in [2.24, 2.45) is 0 Å². The smallest absolute Gasteiger partial charge is 0.375 e. The fourth-order valence-corrected chi connectivity index (χ4v) is 2.09. The van der Waals surface area contributed by atoms with Gasteiger partial charge in [-0.3, -0.25) is 9.59 Å². The SMILES string of the molecule is CCOC(=O)C(=O)CC(=O)c1ccc(OCc2c(F)cccc2F)cc1. The molecule has 0 radical (unpaired) electrons. The molecule has 5 nitrogen and oxygen atoms in total. The number of Topliss-reactive ketones (excluding diaryl/α,β-unsaturated/α-hetero) is 2. The van der Waals surface area contributed by atoms with Gasteiger partial charge in [0.15, 0.2) is 5.78 Å². The van der Waals surface area contributed by atoms with Crippen molar-refractivity contribution in [3.8, 4) is 5.75 Å². The Bertz CT molecular complexity index is 795. The van der Waals surface area contributed by atoms with Crippen LogP contribution in [0.15, 0.2) is 42.5 Å². The van der Waals surface area contributed by atoms with E-state index in [-0.39, 0.29) is 24.3 Å². The number of halogens is 2. The van der Waals surface area contributed by atoms with Crippen molar-refractivity contribution in [3.05, 3.63) is 65.2 Å². The van der Waals surface area contributed by atoms with Crippen molar-refractivity contribution in [3.63, 3.8) is 0 Å². The highest BCUT2D eigenvalue weighted by Gasteiger charge is 2.20. The van der Waals surface area contributed by atoms with Crippen molar-refractivity contribution in [2.75, 3.05) is 6.61 Å². The number of ether oxygens (including phenoxy) is 2. The predicted molar refractivity (Wildman–Crippen MR) is 87.7 cm³/mol. The summed E-state index contributed by atoms with van der Waals surface area (Å²) in [6.07, 6.45) is -0.598. The normalized spacial score (nSPS) is 10.3. The first-order valence-corrected chi connectivity index (χ1v) is 7.81. The lowest BCUT2D eigenvalue weighted by Gasteiger charge is -2.08. The van der Waals surface area contributed by atoms with Crippen LogP contribution in [0.25, 0.3) is 0 Å². The Kier molecular flexibility index (Phi) is 6.54. The number of ketones is 2. The maximum Gasteiger partial charge on any atom is 0.375 e. The van der Waals surface area contributed by atoms with Crippen LogP contribution in [0.4, 0.5) is 8.78 Å². The molecule has 0 aliphatic heterocycles. The first-order valence-electron chi connectivity index (χ1n) is 7.81. The molecule has 0 N–H and O–H groups in total. The van der Waals surface area contributed by atoms with Gasteiger partial charge < -0.3 is 9.47 Å². The van der Waals surface area contributed by atoms with Gasteiger partial charge in [0.1, 0.15) is 24.0 Å². The quantitative estimate of drug-likeness (QED) is 0.312. The van der Waals surface area contributed by atoms with Crippen LogP contribution in [-0.4, -0.2) is 24.1 Å². The molecule has 0 aliphatic rings. The fourth-order valence-electron chi connectivity index (χ4n) is 2.09. The Hall–Kier alpha value is -3.09. The van der Waals surface area contributed by atoms with Gasteiger partial charge in [0, 0.05) is 5.56 Å². The zero-order valence-electron chi connectivity index (χ0n) is 14.0. The lowest BCUT2D eigenvalue weighted by atomic mass is 10.1. The van der Waals surface area contributed by atoms with Crippen molar-refractivity contribution in [1.29, 1.82) is 0 Å². The van der Waals surface area contributed by atoms with E-state index in [9.17, 15) is 23.2 Å². The van der Waals surface area contributed by atoms with Crippen LogP contribution in [-0.2, 0) is 20.9 Å². The molecule has 136 valence electrons. The number of hydrogen-bond acceptors (Lipinski definition) is 5. The third-order valence-electron chi connectivity index (χ3n) is 3.45. The van der Waals surface area contributed by atoms with Gasteiger partial charge in [-0.2, -0.15) is 0 Å². The van der Waals surface area contributed by atoms with Crippen molar-refractivity contribution >= 4 is 17.5 Å². The molecule has 0 saturated carbocycles. The Morgan fingerprint density at radius 2 is 1.58 bits per heavy atom. The monoisotopic (exact) mass is 362 g/mol. The van der Waals surface area contributed by atoms with E-state index in [1.54, 1.807) is 6.92 Å².